The maximum Gasteiger partial charge on any atom is 0.0474 e. The molecule has 2 heteroatoms. The van der Waals surface area contributed by atoms with Crippen LogP contribution < -0.4 is 0 Å². The van der Waals surface area contributed by atoms with E-state index in [1.165, 1.54) is 0 Å². The van der Waals surface area contributed by atoms with Gasteiger partial charge in [0.15, 0.2) is 0 Å². The number of alkyl halides is 1. The molecule has 0 spiro atoms. The first-order valence-corrected chi connectivity index (χ1v) is 3.95. The molecule has 0 saturated heterocycles. The summed E-state index contributed by atoms with van der Waals surface area (Å²) in [5, 5.41) is 0. The normalized spacial score (nSPS) is 9.64. The van der Waals surface area contributed by atoms with Crippen LogP contribution in [-0.2, 0) is 0 Å². The van der Waals surface area contributed by atoms with E-state index >= 15 is 0 Å². The van der Waals surface area contributed by atoms with Gasteiger partial charge in [-0.2, -0.15) is 0 Å². The molecule has 58 valence electrons. The van der Waals surface area contributed by atoms with Crippen molar-refractivity contribution >= 4 is 17.2 Å². The van der Waals surface area contributed by atoms with Gasteiger partial charge < -0.3 is 0 Å². The summed E-state index contributed by atoms with van der Waals surface area (Å²) < 4.78 is 0. The molecule has 0 aliphatic rings. The summed E-state index contributed by atoms with van der Waals surface area (Å²) in [7, 11) is 0. The molecule has 0 unspecified atom stereocenters. The second-order valence-corrected chi connectivity index (χ2v) is 2.64. The molecular formula is C9H10ClN. The van der Waals surface area contributed by atoms with Crippen LogP contribution in [0.4, 0.5) is 0 Å². The van der Waals surface area contributed by atoms with E-state index in [1.807, 2.05) is 19.1 Å². The zero-order valence-corrected chi connectivity index (χ0v) is 7.23. The van der Waals surface area contributed by atoms with Gasteiger partial charge in [0.1, 0.15) is 0 Å². The van der Waals surface area contributed by atoms with Gasteiger partial charge in [0.25, 0.3) is 0 Å². The van der Waals surface area contributed by atoms with Crippen LogP contribution in [-0.4, -0.2) is 10.9 Å². The first-order valence-electron chi connectivity index (χ1n) is 3.41. The van der Waals surface area contributed by atoms with Crippen LogP contribution >= 0.6 is 11.6 Å². The average molecular weight is 168 g/mol. The third-order valence-corrected chi connectivity index (χ3v) is 1.87. The molecule has 1 rings (SSSR count). The Morgan fingerprint density at radius 3 is 3.00 bits per heavy atom. The number of aromatic nitrogens is 1. The minimum atomic E-state index is 0.465. The van der Waals surface area contributed by atoms with Crippen LogP contribution in [0.2, 0.25) is 0 Å². The number of rotatable bonds is 2. The third kappa shape index (κ3) is 1.81. The van der Waals surface area contributed by atoms with E-state index in [4.69, 9.17) is 11.6 Å². The summed E-state index contributed by atoms with van der Waals surface area (Å²) in [6.45, 7) is 5.78. The predicted octanol–water partition coefficient (Wildman–Crippen LogP) is 2.64. The van der Waals surface area contributed by atoms with E-state index in [0.717, 1.165) is 16.8 Å². The van der Waals surface area contributed by atoms with Gasteiger partial charge in [0.2, 0.25) is 0 Å². The lowest BCUT2D eigenvalue weighted by molar-refractivity contribution is 1.18. The van der Waals surface area contributed by atoms with Gasteiger partial charge in [-0.3, -0.25) is 4.98 Å². The smallest absolute Gasteiger partial charge is 0.0474 e. The van der Waals surface area contributed by atoms with Crippen molar-refractivity contribution in [1.29, 1.82) is 0 Å². The van der Waals surface area contributed by atoms with Gasteiger partial charge in [0.05, 0.1) is 0 Å². The highest BCUT2D eigenvalue weighted by molar-refractivity contribution is 6.23. The summed E-state index contributed by atoms with van der Waals surface area (Å²) >= 11 is 5.63. The number of halogens is 1. The van der Waals surface area contributed by atoms with Gasteiger partial charge in [0, 0.05) is 17.8 Å². The zero-order valence-electron chi connectivity index (χ0n) is 6.47. The molecule has 0 N–H and O–H groups in total. The topological polar surface area (TPSA) is 12.9 Å². The fraction of sp³-hybridized carbons (Fsp3) is 0.222. The maximum atomic E-state index is 5.63. The summed E-state index contributed by atoms with van der Waals surface area (Å²) in [6, 6.07) is 3.87. The molecule has 0 fully saturated rings. The van der Waals surface area contributed by atoms with Crippen molar-refractivity contribution in [2.45, 2.75) is 6.92 Å². The molecule has 0 saturated carbocycles. The van der Waals surface area contributed by atoms with E-state index in [-0.39, 0.29) is 0 Å². The molecule has 1 aromatic heterocycles. The molecule has 0 bridgehead atoms. The molecule has 0 amide bonds. The molecule has 1 nitrogen and oxygen atoms in total. The Hall–Kier alpha value is -0.820. The van der Waals surface area contributed by atoms with E-state index in [9.17, 15) is 0 Å². The molecule has 1 heterocycles. The Labute approximate surface area is 71.7 Å². The summed E-state index contributed by atoms with van der Waals surface area (Å²) in [5.74, 6) is 0.465. The first-order chi connectivity index (χ1) is 5.25. The highest BCUT2D eigenvalue weighted by Crippen LogP contribution is 2.15. The standard InChI is InChI=1S/C9H10ClN/c1-7(6-10)9-4-3-5-11-8(9)2/h3-5H,1,6H2,2H3. The molecule has 1 aromatic rings. The highest BCUT2D eigenvalue weighted by Gasteiger charge is 2.00. The van der Waals surface area contributed by atoms with E-state index in [0.29, 0.717) is 5.88 Å². The second kappa shape index (κ2) is 3.54. The zero-order chi connectivity index (χ0) is 8.27. The molecule has 0 aliphatic heterocycles. The summed E-state index contributed by atoms with van der Waals surface area (Å²) in [6.07, 6.45) is 1.76. The Bertz CT molecular complexity index is 268. The van der Waals surface area contributed by atoms with Crippen LogP contribution in [0.1, 0.15) is 11.3 Å². The van der Waals surface area contributed by atoms with Crippen LogP contribution in [0.25, 0.3) is 5.57 Å². The van der Waals surface area contributed by atoms with Crippen molar-refractivity contribution in [2.75, 3.05) is 5.88 Å². The van der Waals surface area contributed by atoms with Gasteiger partial charge in [-0.25, -0.2) is 0 Å². The Morgan fingerprint density at radius 2 is 2.45 bits per heavy atom. The van der Waals surface area contributed by atoms with Gasteiger partial charge in [-0.15, -0.1) is 11.6 Å². The molecule has 0 aliphatic carbocycles. The molecule has 0 aromatic carbocycles. The Kier molecular flexibility index (Phi) is 2.66. The fourth-order valence-corrected chi connectivity index (χ4v) is 1.07. The van der Waals surface area contributed by atoms with Gasteiger partial charge in [-0.1, -0.05) is 12.6 Å². The van der Waals surface area contributed by atoms with Crippen LogP contribution in [0.3, 0.4) is 0 Å². The lowest BCUT2D eigenvalue weighted by Crippen LogP contribution is -1.90. The van der Waals surface area contributed by atoms with E-state index in [1.54, 1.807) is 6.20 Å². The maximum absolute atomic E-state index is 5.63. The van der Waals surface area contributed by atoms with Gasteiger partial charge in [-0.05, 0) is 24.1 Å². The summed E-state index contributed by atoms with van der Waals surface area (Å²) in [5.41, 5.74) is 2.97. The Morgan fingerprint density at radius 1 is 1.73 bits per heavy atom. The fourth-order valence-electron chi connectivity index (χ4n) is 0.930. The average Bonchev–Trinajstić information content (AvgIpc) is 2.04. The largest absolute Gasteiger partial charge is 0.261 e. The third-order valence-electron chi connectivity index (χ3n) is 1.55. The minimum Gasteiger partial charge on any atom is -0.261 e. The lowest BCUT2D eigenvalue weighted by Gasteiger charge is -2.03. The van der Waals surface area contributed by atoms with Crippen LogP contribution in [0.15, 0.2) is 24.9 Å². The first kappa shape index (κ1) is 8.28. The van der Waals surface area contributed by atoms with E-state index in [2.05, 4.69) is 11.6 Å². The van der Waals surface area contributed by atoms with Crippen molar-refractivity contribution in [1.82, 2.24) is 4.98 Å². The number of allylic oxidation sites excluding steroid dienone is 1. The SMILES string of the molecule is C=C(CCl)c1cccnc1C. The predicted molar refractivity (Wildman–Crippen MR) is 48.7 cm³/mol. The summed E-state index contributed by atoms with van der Waals surface area (Å²) in [4.78, 5) is 4.13. The van der Waals surface area contributed by atoms with Crippen molar-refractivity contribution < 1.29 is 0 Å². The number of nitrogens with zero attached hydrogens (tertiary/aromatic N) is 1. The van der Waals surface area contributed by atoms with Crippen molar-refractivity contribution in [3.05, 3.63) is 36.2 Å². The van der Waals surface area contributed by atoms with Crippen molar-refractivity contribution in [3.8, 4) is 0 Å². The van der Waals surface area contributed by atoms with Gasteiger partial charge >= 0.3 is 0 Å². The lowest BCUT2D eigenvalue weighted by atomic mass is 10.1. The number of pyridine rings is 1. The quantitative estimate of drug-likeness (QED) is 0.618. The molecule has 0 radical (unpaired) electrons. The number of aryl methyl sites for hydroxylation is 1. The molecular weight excluding hydrogens is 158 g/mol. The minimum absolute atomic E-state index is 0.465. The highest BCUT2D eigenvalue weighted by atomic mass is 35.5. The second-order valence-electron chi connectivity index (χ2n) is 2.37. The van der Waals surface area contributed by atoms with Crippen LogP contribution in [0, 0.1) is 6.92 Å². The Balaban J connectivity index is 3.03. The van der Waals surface area contributed by atoms with E-state index < -0.39 is 0 Å². The number of hydrogen-bond acceptors (Lipinski definition) is 1. The monoisotopic (exact) mass is 167 g/mol. The van der Waals surface area contributed by atoms with Crippen LogP contribution in [0.5, 0.6) is 0 Å². The number of hydrogen-bond donors (Lipinski definition) is 0. The van der Waals surface area contributed by atoms with Crippen molar-refractivity contribution in [2.24, 2.45) is 0 Å². The molecule has 0 atom stereocenters. The van der Waals surface area contributed by atoms with Crippen molar-refractivity contribution in [3.63, 3.8) is 0 Å². The molecule has 11 heavy (non-hydrogen) atoms.